The lowest BCUT2D eigenvalue weighted by molar-refractivity contribution is -0.142. The van der Waals surface area contributed by atoms with Crippen LogP contribution in [0.4, 0.5) is 4.39 Å². The standard InChI is InChI=1S/C25H31FN4O6/c1-25(2)11-13(21(31)30-25)9-18(24(34)35)29-22(32)16(8-12-4-5-12)28-23(33)17-10-14-19(36-3)7-6-15(26)20(14)27-17/h6-7,10,12-13,16,18,27H,4-5,8-9,11H2,1-3H3,(H,28,33)(H,29,32)(H,30,31)(H,34,35). The topological polar surface area (TPSA) is 150 Å². The SMILES string of the molecule is COc1ccc(F)c2[nH]c(C(=O)NC(CC3CC3)C(=O)NC(CC3CC(C)(C)NC3=O)C(=O)O)cc12. The number of carbonyl (C=O) groups is 4. The molecule has 1 saturated carbocycles. The van der Waals surface area contributed by atoms with Crippen molar-refractivity contribution >= 4 is 34.6 Å². The van der Waals surface area contributed by atoms with E-state index in [0.717, 1.165) is 12.8 Å². The predicted octanol–water partition coefficient (Wildman–Crippen LogP) is 2.09. The third kappa shape index (κ3) is 5.60. The number of hydrogen-bond donors (Lipinski definition) is 5. The van der Waals surface area contributed by atoms with Crippen LogP contribution in [0.5, 0.6) is 5.75 Å². The first-order valence-corrected chi connectivity index (χ1v) is 12.0. The van der Waals surface area contributed by atoms with Crippen LogP contribution in [0.15, 0.2) is 18.2 Å². The van der Waals surface area contributed by atoms with Crippen LogP contribution < -0.4 is 20.7 Å². The molecule has 10 nitrogen and oxygen atoms in total. The molecule has 36 heavy (non-hydrogen) atoms. The maximum absolute atomic E-state index is 14.2. The number of carbonyl (C=O) groups excluding carboxylic acids is 3. The molecule has 5 N–H and O–H groups in total. The number of rotatable bonds is 10. The minimum atomic E-state index is -1.29. The van der Waals surface area contributed by atoms with Gasteiger partial charge in [0.2, 0.25) is 11.8 Å². The van der Waals surface area contributed by atoms with Crippen molar-refractivity contribution in [2.75, 3.05) is 7.11 Å². The number of hydrogen-bond acceptors (Lipinski definition) is 5. The van der Waals surface area contributed by atoms with Gasteiger partial charge in [0.25, 0.3) is 5.91 Å². The Bertz CT molecular complexity index is 1200. The van der Waals surface area contributed by atoms with Gasteiger partial charge in [-0.25, -0.2) is 9.18 Å². The van der Waals surface area contributed by atoms with Gasteiger partial charge in [-0.05, 0) is 57.2 Å². The average Bonchev–Trinajstić information content (AvgIpc) is 3.42. The molecule has 1 saturated heterocycles. The number of halogens is 1. The number of carboxylic acids is 1. The summed E-state index contributed by atoms with van der Waals surface area (Å²) in [4.78, 5) is 53.0. The van der Waals surface area contributed by atoms with Gasteiger partial charge in [0, 0.05) is 16.8 Å². The van der Waals surface area contributed by atoms with Gasteiger partial charge in [0.05, 0.1) is 12.6 Å². The number of carboxylic acid groups (broad SMARTS) is 1. The van der Waals surface area contributed by atoms with Crippen molar-refractivity contribution in [1.82, 2.24) is 20.9 Å². The van der Waals surface area contributed by atoms with Crippen LogP contribution in [0.2, 0.25) is 0 Å². The van der Waals surface area contributed by atoms with Gasteiger partial charge >= 0.3 is 5.97 Å². The van der Waals surface area contributed by atoms with Gasteiger partial charge in [0.1, 0.15) is 29.3 Å². The van der Waals surface area contributed by atoms with Crippen LogP contribution in [-0.2, 0) is 14.4 Å². The fraction of sp³-hybridized carbons (Fsp3) is 0.520. The molecule has 3 unspecified atom stereocenters. The van der Waals surface area contributed by atoms with E-state index in [9.17, 15) is 28.7 Å². The van der Waals surface area contributed by atoms with Crippen molar-refractivity contribution < 1.29 is 33.4 Å². The Balaban J connectivity index is 1.48. The fourth-order valence-corrected chi connectivity index (χ4v) is 4.78. The number of aromatic nitrogens is 1. The Morgan fingerprint density at radius 3 is 2.50 bits per heavy atom. The van der Waals surface area contributed by atoms with E-state index in [2.05, 4.69) is 20.9 Å². The first-order valence-electron chi connectivity index (χ1n) is 12.0. The highest BCUT2D eigenvalue weighted by Crippen LogP contribution is 2.34. The summed E-state index contributed by atoms with van der Waals surface area (Å²) in [5.74, 6) is -3.24. The van der Waals surface area contributed by atoms with E-state index in [0.29, 0.717) is 24.0 Å². The average molecular weight is 503 g/mol. The van der Waals surface area contributed by atoms with Crippen LogP contribution in [-0.4, -0.2) is 58.5 Å². The largest absolute Gasteiger partial charge is 0.496 e. The quantitative estimate of drug-likeness (QED) is 0.336. The van der Waals surface area contributed by atoms with E-state index in [1.807, 2.05) is 13.8 Å². The maximum Gasteiger partial charge on any atom is 0.326 e. The van der Waals surface area contributed by atoms with Crippen molar-refractivity contribution in [2.45, 2.75) is 63.6 Å². The summed E-state index contributed by atoms with van der Waals surface area (Å²) in [6, 6.07) is 1.85. The second-order valence-corrected chi connectivity index (χ2v) is 10.3. The molecule has 1 aromatic heterocycles. The number of methoxy groups -OCH3 is 1. The van der Waals surface area contributed by atoms with Crippen LogP contribution in [0.3, 0.4) is 0 Å². The van der Waals surface area contributed by atoms with E-state index in [1.54, 1.807) is 0 Å². The number of benzene rings is 1. The zero-order valence-corrected chi connectivity index (χ0v) is 20.4. The summed E-state index contributed by atoms with van der Waals surface area (Å²) in [5.41, 5.74) is -0.299. The van der Waals surface area contributed by atoms with Crippen LogP contribution in [0.25, 0.3) is 10.9 Å². The molecule has 0 bridgehead atoms. The lowest BCUT2D eigenvalue weighted by atomic mass is 9.91. The van der Waals surface area contributed by atoms with Gasteiger partial charge < -0.3 is 30.8 Å². The van der Waals surface area contributed by atoms with Crippen LogP contribution in [0, 0.1) is 17.7 Å². The number of fused-ring (bicyclic) bond motifs is 1. The molecule has 1 aromatic carbocycles. The lowest BCUT2D eigenvalue weighted by Crippen LogP contribution is -2.52. The molecule has 2 aromatic rings. The molecule has 2 fully saturated rings. The monoisotopic (exact) mass is 502 g/mol. The van der Waals surface area contributed by atoms with Crippen molar-refractivity contribution in [3.05, 3.63) is 29.7 Å². The van der Waals surface area contributed by atoms with Gasteiger partial charge in [-0.3, -0.25) is 14.4 Å². The van der Waals surface area contributed by atoms with Crippen molar-refractivity contribution in [1.29, 1.82) is 0 Å². The molecular formula is C25H31FN4O6. The van der Waals surface area contributed by atoms with Crippen LogP contribution >= 0.6 is 0 Å². The Labute approximate surface area is 207 Å². The highest BCUT2D eigenvalue weighted by Gasteiger charge is 2.40. The summed E-state index contributed by atoms with van der Waals surface area (Å²) in [7, 11) is 1.44. The third-order valence-corrected chi connectivity index (χ3v) is 6.78. The summed E-state index contributed by atoms with van der Waals surface area (Å²) in [5, 5.41) is 18.1. The summed E-state index contributed by atoms with van der Waals surface area (Å²) >= 11 is 0. The Kier molecular flexibility index (Phi) is 6.92. The first kappa shape index (κ1) is 25.5. The smallest absolute Gasteiger partial charge is 0.326 e. The Morgan fingerprint density at radius 2 is 1.92 bits per heavy atom. The number of nitrogens with one attached hydrogen (secondary N) is 4. The zero-order chi connectivity index (χ0) is 26.2. The maximum atomic E-state index is 14.2. The highest BCUT2D eigenvalue weighted by molar-refractivity contribution is 6.02. The van der Waals surface area contributed by atoms with Crippen molar-refractivity contribution in [3.63, 3.8) is 0 Å². The molecule has 4 rings (SSSR count). The number of aliphatic carboxylic acids is 1. The lowest BCUT2D eigenvalue weighted by Gasteiger charge is -2.22. The third-order valence-electron chi connectivity index (χ3n) is 6.78. The van der Waals surface area contributed by atoms with E-state index in [1.165, 1.54) is 25.3 Å². The van der Waals surface area contributed by atoms with E-state index >= 15 is 0 Å². The zero-order valence-electron chi connectivity index (χ0n) is 20.4. The molecule has 2 heterocycles. The number of H-pyrrole nitrogens is 1. The second-order valence-electron chi connectivity index (χ2n) is 10.3. The predicted molar refractivity (Wildman–Crippen MR) is 128 cm³/mol. The molecule has 1 aliphatic heterocycles. The Morgan fingerprint density at radius 1 is 1.19 bits per heavy atom. The Hall–Kier alpha value is -3.63. The van der Waals surface area contributed by atoms with E-state index in [-0.39, 0.29) is 29.5 Å². The van der Waals surface area contributed by atoms with Crippen LogP contribution in [0.1, 0.15) is 56.4 Å². The molecule has 1 aliphatic carbocycles. The van der Waals surface area contributed by atoms with Gasteiger partial charge in [0.15, 0.2) is 0 Å². The molecule has 0 radical (unpaired) electrons. The minimum absolute atomic E-state index is 0.0432. The molecule has 194 valence electrons. The molecule has 11 heteroatoms. The first-order chi connectivity index (χ1) is 17.0. The van der Waals surface area contributed by atoms with Crippen molar-refractivity contribution in [2.24, 2.45) is 11.8 Å². The normalized spacial score (nSPS) is 20.4. The van der Waals surface area contributed by atoms with Crippen molar-refractivity contribution in [3.8, 4) is 5.75 Å². The molecule has 3 atom stereocenters. The summed E-state index contributed by atoms with van der Waals surface area (Å²) in [6.07, 6.45) is 2.57. The summed E-state index contributed by atoms with van der Waals surface area (Å²) < 4.78 is 19.5. The summed E-state index contributed by atoms with van der Waals surface area (Å²) in [6.45, 7) is 3.71. The molecule has 3 amide bonds. The van der Waals surface area contributed by atoms with Gasteiger partial charge in [-0.1, -0.05) is 12.8 Å². The van der Waals surface area contributed by atoms with E-state index in [4.69, 9.17) is 4.74 Å². The second kappa shape index (κ2) is 9.79. The van der Waals surface area contributed by atoms with E-state index < -0.39 is 47.1 Å². The molecule has 0 spiro atoms. The molecule has 2 aliphatic rings. The minimum Gasteiger partial charge on any atom is -0.496 e. The number of aromatic amines is 1. The van der Waals surface area contributed by atoms with Gasteiger partial charge in [-0.2, -0.15) is 0 Å². The van der Waals surface area contributed by atoms with Gasteiger partial charge in [-0.15, -0.1) is 0 Å². The number of amides is 3. The number of ether oxygens (including phenoxy) is 1. The fourth-order valence-electron chi connectivity index (χ4n) is 4.78. The highest BCUT2D eigenvalue weighted by atomic mass is 19.1. The molecular weight excluding hydrogens is 471 g/mol.